The summed E-state index contributed by atoms with van der Waals surface area (Å²) in [5.41, 5.74) is 2.11. The molecule has 0 heterocycles. The first-order valence-corrected chi connectivity index (χ1v) is 6.15. The summed E-state index contributed by atoms with van der Waals surface area (Å²) in [5.74, 6) is 0. The predicted octanol–water partition coefficient (Wildman–Crippen LogP) is 3.73. The van der Waals surface area contributed by atoms with Crippen molar-refractivity contribution in [2.24, 2.45) is 0 Å². The first kappa shape index (κ1) is 13.8. The van der Waals surface area contributed by atoms with Crippen LogP contribution in [0.3, 0.4) is 0 Å². The summed E-state index contributed by atoms with van der Waals surface area (Å²) in [6.45, 7) is 0.465. The highest BCUT2D eigenvalue weighted by molar-refractivity contribution is 6.33. The number of hydrogen-bond acceptors (Lipinski definition) is 4. The zero-order chi connectivity index (χ0) is 14.5. The molecule has 20 heavy (non-hydrogen) atoms. The van der Waals surface area contributed by atoms with Gasteiger partial charge in [0.2, 0.25) is 0 Å². The van der Waals surface area contributed by atoms with Gasteiger partial charge in [0.1, 0.15) is 0 Å². The zero-order valence-electron chi connectivity index (χ0n) is 10.3. The summed E-state index contributed by atoms with van der Waals surface area (Å²) in [6.07, 6.45) is 0. The molecule has 0 amide bonds. The molecular weight excluding hydrogens is 278 g/mol. The second-order valence-corrected chi connectivity index (χ2v) is 4.49. The number of anilines is 1. The van der Waals surface area contributed by atoms with Crippen LogP contribution in [-0.2, 0) is 6.54 Å². The fraction of sp³-hybridized carbons (Fsp3) is 0.0714. The minimum absolute atomic E-state index is 0.0539. The van der Waals surface area contributed by atoms with Crippen LogP contribution in [0.15, 0.2) is 42.5 Å². The van der Waals surface area contributed by atoms with Gasteiger partial charge < -0.3 is 5.32 Å². The SMILES string of the molecule is N#Cc1ccc(Cl)c(NCc2ccc([N+](=O)[O-])cc2)c1. The molecule has 0 atom stereocenters. The number of halogens is 1. The summed E-state index contributed by atoms with van der Waals surface area (Å²) in [6, 6.07) is 13.2. The van der Waals surface area contributed by atoms with Crippen molar-refractivity contribution in [2.75, 3.05) is 5.32 Å². The molecule has 0 saturated heterocycles. The van der Waals surface area contributed by atoms with Crippen LogP contribution in [0.1, 0.15) is 11.1 Å². The first-order chi connectivity index (χ1) is 9.60. The third-order valence-corrected chi connectivity index (χ3v) is 3.06. The zero-order valence-corrected chi connectivity index (χ0v) is 11.1. The van der Waals surface area contributed by atoms with Gasteiger partial charge >= 0.3 is 0 Å². The van der Waals surface area contributed by atoms with Crippen LogP contribution in [0.5, 0.6) is 0 Å². The largest absolute Gasteiger partial charge is 0.380 e. The van der Waals surface area contributed by atoms with Gasteiger partial charge in [0.15, 0.2) is 0 Å². The topological polar surface area (TPSA) is 79.0 Å². The van der Waals surface area contributed by atoms with Crippen molar-refractivity contribution >= 4 is 23.0 Å². The lowest BCUT2D eigenvalue weighted by atomic mass is 10.2. The Hall–Kier alpha value is -2.58. The molecule has 100 valence electrons. The highest BCUT2D eigenvalue weighted by Crippen LogP contribution is 2.23. The van der Waals surface area contributed by atoms with Crippen LogP contribution in [0.2, 0.25) is 5.02 Å². The molecule has 5 nitrogen and oxygen atoms in total. The average molecular weight is 288 g/mol. The molecule has 0 aliphatic rings. The van der Waals surface area contributed by atoms with E-state index in [1.165, 1.54) is 12.1 Å². The molecule has 1 N–H and O–H groups in total. The maximum absolute atomic E-state index is 10.5. The van der Waals surface area contributed by atoms with Crippen molar-refractivity contribution in [3.63, 3.8) is 0 Å². The number of nitrogens with one attached hydrogen (secondary N) is 1. The minimum Gasteiger partial charge on any atom is -0.380 e. The predicted molar refractivity (Wildman–Crippen MR) is 76.6 cm³/mol. The van der Waals surface area contributed by atoms with E-state index in [-0.39, 0.29) is 5.69 Å². The van der Waals surface area contributed by atoms with Gasteiger partial charge in [0.05, 0.1) is 27.3 Å². The van der Waals surface area contributed by atoms with Crippen LogP contribution in [-0.4, -0.2) is 4.92 Å². The Bertz CT molecular complexity index is 678. The van der Waals surface area contributed by atoms with Gasteiger partial charge in [0, 0.05) is 18.7 Å². The molecule has 2 aromatic carbocycles. The highest BCUT2D eigenvalue weighted by Gasteiger charge is 2.05. The first-order valence-electron chi connectivity index (χ1n) is 5.77. The summed E-state index contributed by atoms with van der Waals surface area (Å²) in [4.78, 5) is 10.1. The van der Waals surface area contributed by atoms with E-state index in [9.17, 15) is 10.1 Å². The average Bonchev–Trinajstić information content (AvgIpc) is 2.47. The third kappa shape index (κ3) is 3.25. The van der Waals surface area contributed by atoms with Crippen LogP contribution in [0.25, 0.3) is 0 Å². The van der Waals surface area contributed by atoms with Crippen molar-refractivity contribution in [3.8, 4) is 6.07 Å². The minimum atomic E-state index is -0.440. The van der Waals surface area contributed by atoms with Crippen LogP contribution >= 0.6 is 11.6 Å². The van der Waals surface area contributed by atoms with E-state index in [0.717, 1.165) is 5.56 Å². The molecule has 0 saturated carbocycles. The Balaban J connectivity index is 2.09. The second-order valence-electron chi connectivity index (χ2n) is 4.08. The fourth-order valence-electron chi connectivity index (χ4n) is 1.66. The molecule has 0 radical (unpaired) electrons. The molecule has 0 fully saturated rings. The molecule has 0 aliphatic carbocycles. The summed E-state index contributed by atoms with van der Waals surface area (Å²) >= 11 is 6.02. The van der Waals surface area contributed by atoms with E-state index in [0.29, 0.717) is 22.8 Å². The van der Waals surface area contributed by atoms with Gasteiger partial charge in [-0.25, -0.2) is 0 Å². The van der Waals surface area contributed by atoms with E-state index >= 15 is 0 Å². The van der Waals surface area contributed by atoms with Gasteiger partial charge in [-0.15, -0.1) is 0 Å². The van der Waals surface area contributed by atoms with Crippen molar-refractivity contribution in [2.45, 2.75) is 6.54 Å². The number of nitriles is 1. The quantitative estimate of drug-likeness (QED) is 0.686. The van der Waals surface area contributed by atoms with Crippen LogP contribution < -0.4 is 5.32 Å². The van der Waals surface area contributed by atoms with E-state index in [1.54, 1.807) is 30.3 Å². The van der Waals surface area contributed by atoms with E-state index in [2.05, 4.69) is 5.32 Å². The van der Waals surface area contributed by atoms with Crippen molar-refractivity contribution in [1.82, 2.24) is 0 Å². The number of rotatable bonds is 4. The fourth-order valence-corrected chi connectivity index (χ4v) is 1.85. The molecule has 0 spiro atoms. The molecule has 0 aliphatic heterocycles. The van der Waals surface area contributed by atoms with Crippen molar-refractivity contribution < 1.29 is 4.92 Å². The Morgan fingerprint density at radius 1 is 1.25 bits per heavy atom. The normalized spacial score (nSPS) is 9.80. The maximum atomic E-state index is 10.5. The van der Waals surface area contributed by atoms with Gasteiger partial charge in [0.25, 0.3) is 5.69 Å². The standard InChI is InChI=1S/C14H10ClN3O2/c15-13-6-3-11(8-16)7-14(13)17-9-10-1-4-12(5-2-10)18(19)20/h1-7,17H,9H2. The number of non-ortho nitro benzene ring substituents is 1. The summed E-state index contributed by atoms with van der Waals surface area (Å²) < 4.78 is 0. The number of nitrogens with zero attached hydrogens (tertiary/aromatic N) is 2. The van der Waals surface area contributed by atoms with E-state index in [1.807, 2.05) is 6.07 Å². The van der Waals surface area contributed by atoms with Gasteiger partial charge in [-0.3, -0.25) is 10.1 Å². The highest BCUT2D eigenvalue weighted by atomic mass is 35.5. The van der Waals surface area contributed by atoms with Crippen molar-refractivity contribution in [3.05, 3.63) is 68.7 Å². The van der Waals surface area contributed by atoms with E-state index < -0.39 is 4.92 Å². The number of benzene rings is 2. The Morgan fingerprint density at radius 2 is 1.95 bits per heavy atom. The lowest BCUT2D eigenvalue weighted by Gasteiger charge is -2.08. The molecular formula is C14H10ClN3O2. The molecule has 0 aromatic heterocycles. The number of nitro groups is 1. The molecule has 2 aromatic rings. The van der Waals surface area contributed by atoms with Gasteiger partial charge in [-0.05, 0) is 23.8 Å². The summed E-state index contributed by atoms with van der Waals surface area (Å²) in [5, 5.41) is 23.0. The maximum Gasteiger partial charge on any atom is 0.269 e. The smallest absolute Gasteiger partial charge is 0.269 e. The summed E-state index contributed by atoms with van der Waals surface area (Å²) in [7, 11) is 0. The monoisotopic (exact) mass is 287 g/mol. The third-order valence-electron chi connectivity index (χ3n) is 2.73. The Labute approximate surface area is 120 Å². The molecule has 6 heteroatoms. The van der Waals surface area contributed by atoms with Gasteiger partial charge in [-0.2, -0.15) is 5.26 Å². The Morgan fingerprint density at radius 3 is 2.55 bits per heavy atom. The molecule has 2 rings (SSSR count). The van der Waals surface area contributed by atoms with E-state index in [4.69, 9.17) is 16.9 Å². The lowest BCUT2D eigenvalue weighted by molar-refractivity contribution is -0.384. The Kier molecular flexibility index (Phi) is 4.18. The van der Waals surface area contributed by atoms with Gasteiger partial charge in [-0.1, -0.05) is 23.7 Å². The molecule has 0 unspecified atom stereocenters. The second kappa shape index (κ2) is 6.04. The van der Waals surface area contributed by atoms with Crippen molar-refractivity contribution in [1.29, 1.82) is 5.26 Å². The molecule has 0 bridgehead atoms. The number of nitro benzene ring substituents is 1. The van der Waals surface area contributed by atoms with Crippen LogP contribution in [0, 0.1) is 21.4 Å². The van der Waals surface area contributed by atoms with Crippen LogP contribution in [0.4, 0.5) is 11.4 Å². The lowest BCUT2D eigenvalue weighted by Crippen LogP contribution is -2.00. The number of hydrogen-bond donors (Lipinski definition) is 1.